The summed E-state index contributed by atoms with van der Waals surface area (Å²) >= 11 is 0.990. The third kappa shape index (κ3) is 3.07. The molecule has 20 heavy (non-hydrogen) atoms. The van der Waals surface area contributed by atoms with E-state index in [9.17, 15) is 12.8 Å². The molecule has 0 spiro atoms. The highest BCUT2D eigenvalue weighted by Crippen LogP contribution is 2.33. The number of hydrogen-bond donors (Lipinski definition) is 2. The molecule has 0 amide bonds. The Hall–Kier alpha value is -1.67. The van der Waals surface area contributed by atoms with E-state index >= 15 is 0 Å². The monoisotopic (exact) mass is 315 g/mol. The predicted molar refractivity (Wildman–Crippen MR) is 78.1 cm³/mol. The first kappa shape index (κ1) is 14.7. The number of anilines is 2. The Morgan fingerprint density at radius 2 is 1.95 bits per heavy atom. The van der Waals surface area contributed by atoms with Crippen molar-refractivity contribution in [2.24, 2.45) is 0 Å². The molecule has 0 fully saturated rings. The number of hydrogen-bond acceptors (Lipinski definition) is 6. The average molecular weight is 315 g/mol. The molecular formula is C12H14FN3O2S2. The van der Waals surface area contributed by atoms with Crippen LogP contribution in [0.15, 0.2) is 29.2 Å². The number of nitrogens with two attached hydrogens (primary N) is 1. The van der Waals surface area contributed by atoms with Gasteiger partial charge in [0.05, 0.1) is 0 Å². The summed E-state index contributed by atoms with van der Waals surface area (Å²) in [5.74, 6) is -0.328. The van der Waals surface area contributed by atoms with Crippen LogP contribution in [0.5, 0.6) is 0 Å². The summed E-state index contributed by atoms with van der Waals surface area (Å²) in [6.45, 7) is 1.84. The maximum atomic E-state index is 12.9. The van der Waals surface area contributed by atoms with E-state index in [1.54, 1.807) is 12.1 Å². The van der Waals surface area contributed by atoms with Gasteiger partial charge in [-0.2, -0.15) is 4.37 Å². The van der Waals surface area contributed by atoms with Crippen molar-refractivity contribution in [2.45, 2.75) is 17.9 Å². The first-order valence-corrected chi connectivity index (χ1v) is 8.42. The molecule has 0 bridgehead atoms. The van der Waals surface area contributed by atoms with E-state index in [-0.39, 0.29) is 22.6 Å². The Bertz CT molecular complexity index is 711. The molecule has 8 heteroatoms. The van der Waals surface area contributed by atoms with Gasteiger partial charge in [0.25, 0.3) is 0 Å². The summed E-state index contributed by atoms with van der Waals surface area (Å²) in [7, 11) is -3.45. The summed E-state index contributed by atoms with van der Waals surface area (Å²) in [4.78, 5) is 0.0106. The maximum absolute atomic E-state index is 12.9. The minimum atomic E-state index is -3.45. The normalized spacial score (nSPS) is 13.2. The Labute approximate surface area is 120 Å². The summed E-state index contributed by atoms with van der Waals surface area (Å²) in [5, 5.41) is 3.44. The van der Waals surface area contributed by atoms with Crippen LogP contribution >= 0.6 is 11.5 Å². The van der Waals surface area contributed by atoms with Crippen molar-refractivity contribution in [1.29, 1.82) is 0 Å². The summed E-state index contributed by atoms with van der Waals surface area (Å²) in [6.07, 6.45) is 1.08. The summed E-state index contributed by atoms with van der Waals surface area (Å²) in [6, 6.07) is 5.78. The van der Waals surface area contributed by atoms with Crippen LogP contribution in [0, 0.1) is 5.82 Å². The van der Waals surface area contributed by atoms with Gasteiger partial charge in [0.15, 0.2) is 15.7 Å². The van der Waals surface area contributed by atoms with E-state index in [0.717, 1.165) is 23.4 Å². The number of aromatic nitrogens is 1. The SMILES string of the molecule is CC(Nc1snc(N)c1S(C)(=O)=O)c1ccc(F)cc1. The second kappa shape index (κ2) is 5.37. The zero-order chi connectivity index (χ0) is 14.9. The number of halogens is 1. The molecule has 2 aromatic rings. The second-order valence-electron chi connectivity index (χ2n) is 4.42. The van der Waals surface area contributed by atoms with Crippen LogP contribution in [-0.2, 0) is 9.84 Å². The van der Waals surface area contributed by atoms with Crippen LogP contribution in [-0.4, -0.2) is 19.0 Å². The number of nitrogens with one attached hydrogen (secondary N) is 1. The summed E-state index contributed by atoms with van der Waals surface area (Å²) < 4.78 is 40.1. The van der Waals surface area contributed by atoms with Gasteiger partial charge in [-0.15, -0.1) is 0 Å². The van der Waals surface area contributed by atoms with Crippen molar-refractivity contribution in [2.75, 3.05) is 17.3 Å². The third-order valence-electron chi connectivity index (χ3n) is 2.76. The molecule has 0 aliphatic rings. The molecule has 3 N–H and O–H groups in total. The lowest BCUT2D eigenvalue weighted by Crippen LogP contribution is -2.09. The molecule has 0 aliphatic carbocycles. The molecule has 1 heterocycles. The highest BCUT2D eigenvalue weighted by Gasteiger charge is 2.22. The fourth-order valence-electron chi connectivity index (χ4n) is 1.78. The maximum Gasteiger partial charge on any atom is 0.182 e. The van der Waals surface area contributed by atoms with Gasteiger partial charge in [-0.05, 0) is 36.2 Å². The van der Waals surface area contributed by atoms with Crippen LogP contribution in [0.25, 0.3) is 0 Å². The number of rotatable bonds is 4. The Balaban J connectivity index is 2.29. The van der Waals surface area contributed by atoms with Crippen molar-refractivity contribution < 1.29 is 12.8 Å². The predicted octanol–water partition coefficient (Wildman–Crippen LogP) is 2.44. The van der Waals surface area contributed by atoms with E-state index in [2.05, 4.69) is 9.69 Å². The highest BCUT2D eigenvalue weighted by molar-refractivity contribution is 7.91. The number of nitrogen functional groups attached to an aromatic ring is 1. The van der Waals surface area contributed by atoms with Gasteiger partial charge >= 0.3 is 0 Å². The minimum Gasteiger partial charge on any atom is -0.382 e. The molecule has 1 unspecified atom stereocenters. The lowest BCUT2D eigenvalue weighted by Gasteiger charge is -2.14. The Morgan fingerprint density at radius 3 is 2.50 bits per heavy atom. The van der Waals surface area contributed by atoms with Crippen LogP contribution in [0.4, 0.5) is 15.2 Å². The molecule has 0 radical (unpaired) electrons. The molecule has 1 aromatic carbocycles. The molecule has 0 saturated heterocycles. The molecule has 2 rings (SSSR count). The first-order valence-electron chi connectivity index (χ1n) is 5.76. The van der Waals surface area contributed by atoms with Crippen molar-refractivity contribution in [3.63, 3.8) is 0 Å². The average Bonchev–Trinajstić information content (AvgIpc) is 2.70. The number of nitrogens with zero attached hydrogens (tertiary/aromatic N) is 1. The Kier molecular flexibility index (Phi) is 3.96. The van der Waals surface area contributed by atoms with Gasteiger partial charge in [0.2, 0.25) is 0 Å². The van der Waals surface area contributed by atoms with Crippen molar-refractivity contribution >= 4 is 32.2 Å². The highest BCUT2D eigenvalue weighted by atomic mass is 32.2. The zero-order valence-corrected chi connectivity index (χ0v) is 12.6. The van der Waals surface area contributed by atoms with Gasteiger partial charge in [0.1, 0.15) is 15.7 Å². The van der Waals surface area contributed by atoms with Crippen molar-refractivity contribution in [1.82, 2.24) is 4.37 Å². The number of sulfone groups is 1. The van der Waals surface area contributed by atoms with Gasteiger partial charge in [-0.25, -0.2) is 12.8 Å². The topological polar surface area (TPSA) is 85.1 Å². The van der Waals surface area contributed by atoms with Gasteiger partial charge in [-0.1, -0.05) is 12.1 Å². The fraction of sp³-hybridized carbons (Fsp3) is 0.250. The smallest absolute Gasteiger partial charge is 0.182 e. The van der Waals surface area contributed by atoms with E-state index in [0.29, 0.717) is 5.00 Å². The molecule has 0 saturated carbocycles. The van der Waals surface area contributed by atoms with Gasteiger partial charge in [-0.3, -0.25) is 0 Å². The minimum absolute atomic E-state index is 0.00805. The van der Waals surface area contributed by atoms with Crippen LogP contribution < -0.4 is 11.1 Å². The molecule has 1 atom stereocenters. The van der Waals surface area contributed by atoms with E-state index < -0.39 is 9.84 Å². The van der Waals surface area contributed by atoms with Crippen LogP contribution in [0.1, 0.15) is 18.5 Å². The second-order valence-corrected chi connectivity index (χ2v) is 7.14. The van der Waals surface area contributed by atoms with Crippen molar-refractivity contribution in [3.8, 4) is 0 Å². The Morgan fingerprint density at radius 1 is 1.35 bits per heavy atom. The van der Waals surface area contributed by atoms with Crippen LogP contribution in [0.3, 0.4) is 0 Å². The van der Waals surface area contributed by atoms with E-state index in [1.807, 2.05) is 6.92 Å². The summed E-state index contributed by atoms with van der Waals surface area (Å²) in [5.41, 5.74) is 6.42. The molecule has 108 valence electrons. The standard InChI is InChI=1S/C12H14FN3O2S2/c1-7(8-3-5-9(13)6-4-8)15-12-10(20(2,17)18)11(14)16-19-12/h3-7,15H,1-2H3,(H2,14,16). The molecule has 5 nitrogen and oxygen atoms in total. The van der Waals surface area contributed by atoms with E-state index in [1.165, 1.54) is 12.1 Å². The van der Waals surface area contributed by atoms with Gasteiger partial charge < -0.3 is 11.1 Å². The number of benzene rings is 1. The zero-order valence-electron chi connectivity index (χ0n) is 10.9. The fourth-order valence-corrected chi connectivity index (χ4v) is 3.92. The van der Waals surface area contributed by atoms with Crippen molar-refractivity contribution in [3.05, 3.63) is 35.6 Å². The third-order valence-corrected chi connectivity index (χ3v) is 4.84. The molecule has 1 aromatic heterocycles. The molecular weight excluding hydrogens is 301 g/mol. The van der Waals surface area contributed by atoms with Gasteiger partial charge in [0, 0.05) is 12.3 Å². The van der Waals surface area contributed by atoms with Crippen LogP contribution in [0.2, 0.25) is 0 Å². The molecule has 0 aliphatic heterocycles. The van der Waals surface area contributed by atoms with E-state index in [4.69, 9.17) is 5.73 Å². The lowest BCUT2D eigenvalue weighted by molar-refractivity contribution is 0.602. The first-order chi connectivity index (χ1) is 9.29. The largest absolute Gasteiger partial charge is 0.382 e. The quantitative estimate of drug-likeness (QED) is 0.905. The lowest BCUT2D eigenvalue weighted by atomic mass is 10.1.